The van der Waals surface area contributed by atoms with Gasteiger partial charge < -0.3 is 10.1 Å². The first kappa shape index (κ1) is 15.8. The second-order valence-electron chi connectivity index (χ2n) is 4.91. The molecule has 0 atom stereocenters. The van der Waals surface area contributed by atoms with Crippen LogP contribution in [-0.4, -0.2) is 6.54 Å². The van der Waals surface area contributed by atoms with E-state index in [1.807, 2.05) is 26.0 Å². The van der Waals surface area contributed by atoms with Crippen LogP contribution in [0.4, 0.5) is 4.39 Å². The fourth-order valence-electron chi connectivity index (χ4n) is 1.99. The van der Waals surface area contributed by atoms with Crippen molar-refractivity contribution < 1.29 is 9.13 Å². The lowest BCUT2D eigenvalue weighted by Crippen LogP contribution is -2.12. The summed E-state index contributed by atoms with van der Waals surface area (Å²) in [7, 11) is 0. The van der Waals surface area contributed by atoms with Crippen LogP contribution in [0.2, 0.25) is 5.02 Å². The molecule has 2 nitrogen and oxygen atoms in total. The largest absolute Gasteiger partial charge is 0.489 e. The molecule has 0 spiro atoms. The quantitative estimate of drug-likeness (QED) is 0.850. The topological polar surface area (TPSA) is 21.3 Å². The van der Waals surface area contributed by atoms with Crippen LogP contribution in [-0.2, 0) is 13.2 Å². The van der Waals surface area contributed by atoms with Crippen molar-refractivity contribution in [3.63, 3.8) is 0 Å². The highest BCUT2D eigenvalue weighted by Crippen LogP contribution is 2.22. The third kappa shape index (κ3) is 4.45. The van der Waals surface area contributed by atoms with Crippen molar-refractivity contribution in [3.8, 4) is 5.75 Å². The van der Waals surface area contributed by atoms with Gasteiger partial charge in [0, 0.05) is 17.1 Å². The number of nitrogens with one attached hydrogen (secondary N) is 1. The summed E-state index contributed by atoms with van der Waals surface area (Å²) >= 11 is 5.97. The fraction of sp³-hybridized carbons (Fsp3) is 0.294. The van der Waals surface area contributed by atoms with Crippen LogP contribution < -0.4 is 10.1 Å². The van der Waals surface area contributed by atoms with Crippen LogP contribution >= 0.6 is 11.6 Å². The average Bonchev–Trinajstić information content (AvgIpc) is 2.48. The molecule has 0 radical (unpaired) electrons. The highest BCUT2D eigenvalue weighted by atomic mass is 35.5. The lowest BCUT2D eigenvalue weighted by Gasteiger charge is -2.10. The maximum atomic E-state index is 13.8. The molecule has 0 amide bonds. The van der Waals surface area contributed by atoms with Gasteiger partial charge in [-0.25, -0.2) is 4.39 Å². The molecule has 0 saturated carbocycles. The summed E-state index contributed by atoms with van der Waals surface area (Å²) in [4.78, 5) is 0. The Bertz CT molecular complexity index is 616. The summed E-state index contributed by atoms with van der Waals surface area (Å²) in [5, 5.41) is 3.92. The number of benzene rings is 2. The molecule has 0 aliphatic heterocycles. The zero-order chi connectivity index (χ0) is 15.2. The maximum Gasteiger partial charge on any atom is 0.129 e. The second kappa shape index (κ2) is 7.43. The van der Waals surface area contributed by atoms with E-state index in [0.29, 0.717) is 16.3 Å². The van der Waals surface area contributed by atoms with E-state index in [9.17, 15) is 4.39 Å². The van der Waals surface area contributed by atoms with Crippen LogP contribution in [0, 0.1) is 12.7 Å². The molecule has 0 bridgehead atoms. The third-order valence-electron chi connectivity index (χ3n) is 3.21. The lowest BCUT2D eigenvalue weighted by molar-refractivity contribution is 0.299. The summed E-state index contributed by atoms with van der Waals surface area (Å²) in [6, 6.07) is 10.5. The molecule has 2 aromatic rings. The molecule has 0 saturated heterocycles. The molecule has 0 heterocycles. The van der Waals surface area contributed by atoms with Crippen LogP contribution in [0.3, 0.4) is 0 Å². The minimum atomic E-state index is -0.249. The van der Waals surface area contributed by atoms with Crippen molar-refractivity contribution >= 4 is 11.6 Å². The normalized spacial score (nSPS) is 10.7. The highest BCUT2D eigenvalue weighted by molar-refractivity contribution is 6.31. The predicted octanol–water partition coefficient (Wildman–Crippen LogP) is 4.48. The molecule has 4 heteroatoms. The van der Waals surface area contributed by atoms with Gasteiger partial charge in [-0.05, 0) is 54.9 Å². The van der Waals surface area contributed by atoms with E-state index in [1.54, 1.807) is 18.2 Å². The number of aryl methyl sites for hydroxylation is 1. The van der Waals surface area contributed by atoms with Gasteiger partial charge in [-0.2, -0.15) is 0 Å². The Morgan fingerprint density at radius 2 is 2.00 bits per heavy atom. The number of rotatable bonds is 6. The van der Waals surface area contributed by atoms with Gasteiger partial charge in [-0.1, -0.05) is 24.6 Å². The van der Waals surface area contributed by atoms with Crippen molar-refractivity contribution in [2.24, 2.45) is 0 Å². The fourth-order valence-corrected chi connectivity index (χ4v) is 2.10. The Kier molecular flexibility index (Phi) is 5.59. The standard InChI is InChI=1S/C17H19ClFNO/c1-3-20-10-13-4-7-17(19)14(9-13)11-21-15-5-6-16(18)12(2)8-15/h4-9,20H,3,10-11H2,1-2H3. The summed E-state index contributed by atoms with van der Waals surface area (Å²) in [6.07, 6.45) is 0. The van der Waals surface area contributed by atoms with Crippen molar-refractivity contribution in [1.82, 2.24) is 5.32 Å². The van der Waals surface area contributed by atoms with Crippen LogP contribution in [0.1, 0.15) is 23.6 Å². The number of hydrogen-bond acceptors (Lipinski definition) is 2. The van der Waals surface area contributed by atoms with Crippen LogP contribution in [0.15, 0.2) is 36.4 Å². The van der Waals surface area contributed by atoms with E-state index in [1.165, 1.54) is 6.07 Å². The van der Waals surface area contributed by atoms with Crippen molar-refractivity contribution in [3.05, 3.63) is 63.9 Å². The van der Waals surface area contributed by atoms with Gasteiger partial charge in [0.2, 0.25) is 0 Å². The van der Waals surface area contributed by atoms with Gasteiger partial charge >= 0.3 is 0 Å². The van der Waals surface area contributed by atoms with Gasteiger partial charge in [-0.3, -0.25) is 0 Å². The summed E-state index contributed by atoms with van der Waals surface area (Å²) < 4.78 is 19.5. The number of halogens is 2. The molecule has 0 aliphatic carbocycles. The lowest BCUT2D eigenvalue weighted by atomic mass is 10.1. The van der Waals surface area contributed by atoms with E-state index in [-0.39, 0.29) is 12.4 Å². The van der Waals surface area contributed by atoms with E-state index in [0.717, 1.165) is 24.2 Å². The zero-order valence-electron chi connectivity index (χ0n) is 12.2. The Morgan fingerprint density at radius 3 is 2.71 bits per heavy atom. The molecule has 0 fully saturated rings. The SMILES string of the molecule is CCNCc1ccc(F)c(COc2ccc(Cl)c(C)c2)c1. The highest BCUT2D eigenvalue weighted by Gasteiger charge is 2.06. The Morgan fingerprint density at radius 1 is 1.19 bits per heavy atom. The van der Waals surface area contributed by atoms with Gasteiger partial charge in [0.05, 0.1) is 0 Å². The minimum Gasteiger partial charge on any atom is -0.489 e. The van der Waals surface area contributed by atoms with E-state index in [4.69, 9.17) is 16.3 Å². The van der Waals surface area contributed by atoms with Gasteiger partial charge in [0.25, 0.3) is 0 Å². The monoisotopic (exact) mass is 307 g/mol. The van der Waals surface area contributed by atoms with Crippen molar-refractivity contribution in [2.75, 3.05) is 6.54 Å². The molecule has 21 heavy (non-hydrogen) atoms. The molecule has 112 valence electrons. The second-order valence-corrected chi connectivity index (χ2v) is 5.31. The van der Waals surface area contributed by atoms with E-state index < -0.39 is 0 Å². The number of hydrogen-bond donors (Lipinski definition) is 1. The average molecular weight is 308 g/mol. The smallest absolute Gasteiger partial charge is 0.129 e. The summed E-state index contributed by atoms with van der Waals surface area (Å²) in [5.74, 6) is 0.439. The summed E-state index contributed by atoms with van der Waals surface area (Å²) in [6.45, 7) is 5.76. The van der Waals surface area contributed by atoms with Crippen molar-refractivity contribution in [1.29, 1.82) is 0 Å². The summed E-state index contributed by atoms with van der Waals surface area (Å²) in [5.41, 5.74) is 2.54. The first-order valence-electron chi connectivity index (χ1n) is 6.97. The van der Waals surface area contributed by atoms with Crippen LogP contribution in [0.25, 0.3) is 0 Å². The predicted molar refractivity (Wildman–Crippen MR) is 84.3 cm³/mol. The van der Waals surface area contributed by atoms with Crippen molar-refractivity contribution in [2.45, 2.75) is 27.0 Å². The molecular weight excluding hydrogens is 289 g/mol. The van der Waals surface area contributed by atoms with Gasteiger partial charge in [0.1, 0.15) is 18.2 Å². The van der Waals surface area contributed by atoms with Gasteiger partial charge in [-0.15, -0.1) is 0 Å². The van der Waals surface area contributed by atoms with Gasteiger partial charge in [0.15, 0.2) is 0 Å². The first-order chi connectivity index (χ1) is 10.1. The Labute approximate surface area is 129 Å². The Hall–Kier alpha value is -1.58. The Balaban J connectivity index is 2.06. The van der Waals surface area contributed by atoms with Crippen LogP contribution in [0.5, 0.6) is 5.75 Å². The molecule has 0 aromatic heterocycles. The zero-order valence-corrected chi connectivity index (χ0v) is 13.0. The van der Waals surface area contributed by atoms with E-state index >= 15 is 0 Å². The molecular formula is C17H19ClFNO. The van der Waals surface area contributed by atoms with E-state index in [2.05, 4.69) is 5.32 Å². The first-order valence-corrected chi connectivity index (χ1v) is 7.35. The molecule has 2 rings (SSSR count). The molecule has 1 N–H and O–H groups in total. The molecule has 0 aliphatic rings. The molecule has 0 unspecified atom stereocenters. The minimum absolute atomic E-state index is 0.201. The maximum absolute atomic E-state index is 13.8. The third-order valence-corrected chi connectivity index (χ3v) is 3.64. The number of ether oxygens (including phenoxy) is 1. The molecule has 2 aromatic carbocycles.